The number of aliphatic hydroxyl groups is 1. The molecule has 168 valence electrons. The summed E-state index contributed by atoms with van der Waals surface area (Å²) < 4.78 is 0. The van der Waals surface area contributed by atoms with Crippen LogP contribution in [0.25, 0.3) is 10.8 Å². The molecule has 0 fully saturated rings. The van der Waals surface area contributed by atoms with Crippen LogP contribution >= 0.6 is 0 Å². The molecule has 3 rings (SSSR count). The summed E-state index contributed by atoms with van der Waals surface area (Å²) in [5.74, 6) is -2.65. The predicted octanol–water partition coefficient (Wildman–Crippen LogP) is 3.13. The largest absolute Gasteiger partial charge is 0.478 e. The molecule has 0 saturated carbocycles. The van der Waals surface area contributed by atoms with Crippen molar-refractivity contribution in [2.45, 2.75) is 26.4 Å². The fraction of sp³-hybridized carbons (Fsp3) is 0.217. The number of amides is 1. The lowest BCUT2D eigenvalue weighted by atomic mass is 9.80. The van der Waals surface area contributed by atoms with Crippen LogP contribution in [0.15, 0.2) is 61.1 Å². The van der Waals surface area contributed by atoms with E-state index < -0.39 is 17.5 Å². The Balaban J connectivity index is 0.000000390. The fourth-order valence-electron chi connectivity index (χ4n) is 3.17. The van der Waals surface area contributed by atoms with Gasteiger partial charge in [0.2, 0.25) is 5.91 Å². The molecule has 1 aromatic heterocycles. The lowest BCUT2D eigenvalue weighted by Gasteiger charge is -2.32. The summed E-state index contributed by atoms with van der Waals surface area (Å²) in [5, 5.41) is 31.7. The van der Waals surface area contributed by atoms with Crippen molar-refractivity contribution in [3.63, 3.8) is 0 Å². The Kier molecular flexibility index (Phi) is 7.86. The Morgan fingerprint density at radius 1 is 1.03 bits per heavy atom. The lowest BCUT2D eigenvalue weighted by molar-refractivity contribution is -0.134. The zero-order valence-electron chi connectivity index (χ0n) is 17.9. The van der Waals surface area contributed by atoms with Crippen molar-refractivity contribution in [2.24, 2.45) is 5.92 Å². The van der Waals surface area contributed by atoms with Gasteiger partial charge in [0.15, 0.2) is 0 Å². The molecular weight excluding hydrogens is 414 g/mol. The molecule has 1 heterocycles. The van der Waals surface area contributed by atoms with E-state index in [1.54, 1.807) is 12.5 Å². The highest BCUT2D eigenvalue weighted by atomic mass is 16.4. The number of carboxylic acid groups (broad SMARTS) is 2. The highest BCUT2D eigenvalue weighted by molar-refractivity contribution is 5.93. The number of carbonyl (C=O) groups excluding carboxylic acids is 1. The quantitative estimate of drug-likeness (QED) is 0.370. The number of carboxylic acids is 2. The van der Waals surface area contributed by atoms with Crippen LogP contribution in [-0.4, -0.2) is 43.1 Å². The molecule has 9 nitrogen and oxygen atoms in total. The second-order valence-corrected chi connectivity index (χ2v) is 7.35. The Hall–Kier alpha value is -3.98. The van der Waals surface area contributed by atoms with Crippen molar-refractivity contribution in [1.29, 1.82) is 0 Å². The van der Waals surface area contributed by atoms with E-state index in [4.69, 9.17) is 10.2 Å². The zero-order chi connectivity index (χ0) is 23.9. The first-order valence-electron chi connectivity index (χ1n) is 9.71. The molecule has 32 heavy (non-hydrogen) atoms. The second-order valence-electron chi connectivity index (χ2n) is 7.35. The normalized spacial score (nSPS) is 12.8. The van der Waals surface area contributed by atoms with Gasteiger partial charge in [0, 0.05) is 24.8 Å². The van der Waals surface area contributed by atoms with Crippen molar-refractivity contribution >= 4 is 34.3 Å². The predicted molar refractivity (Wildman–Crippen MR) is 119 cm³/mol. The van der Waals surface area contributed by atoms with Crippen LogP contribution in [0.5, 0.6) is 0 Å². The van der Waals surface area contributed by atoms with E-state index in [2.05, 4.69) is 15.3 Å². The molecule has 0 radical (unpaired) electrons. The van der Waals surface area contributed by atoms with Gasteiger partial charge in [0.25, 0.3) is 0 Å². The van der Waals surface area contributed by atoms with Gasteiger partial charge in [0.05, 0.1) is 18.2 Å². The molecule has 0 aliphatic carbocycles. The number of fused-ring (bicyclic) bond motifs is 1. The number of hydrogen-bond donors (Lipinski definition) is 5. The van der Waals surface area contributed by atoms with Crippen LogP contribution in [0.4, 0.5) is 5.69 Å². The number of anilines is 1. The molecule has 1 atom stereocenters. The molecule has 1 unspecified atom stereocenters. The van der Waals surface area contributed by atoms with Crippen LogP contribution in [0.3, 0.4) is 0 Å². The number of imidazole rings is 1. The third-order valence-corrected chi connectivity index (χ3v) is 4.71. The summed E-state index contributed by atoms with van der Waals surface area (Å²) in [6, 6.07) is 11.6. The molecule has 0 spiro atoms. The number of benzene rings is 2. The van der Waals surface area contributed by atoms with Crippen LogP contribution < -0.4 is 5.32 Å². The highest BCUT2D eigenvalue weighted by Crippen LogP contribution is 2.37. The van der Waals surface area contributed by atoms with Gasteiger partial charge in [-0.2, -0.15) is 0 Å². The van der Waals surface area contributed by atoms with Crippen molar-refractivity contribution in [2.75, 3.05) is 5.32 Å². The van der Waals surface area contributed by atoms with Crippen molar-refractivity contribution < 1.29 is 29.7 Å². The van der Waals surface area contributed by atoms with Gasteiger partial charge in [0.1, 0.15) is 5.60 Å². The van der Waals surface area contributed by atoms with E-state index in [0.29, 0.717) is 17.8 Å². The molecule has 9 heteroatoms. The number of hydrogen-bond acceptors (Lipinski definition) is 5. The van der Waals surface area contributed by atoms with Crippen LogP contribution in [-0.2, 0) is 20.0 Å². The van der Waals surface area contributed by atoms with Gasteiger partial charge in [-0.3, -0.25) is 4.79 Å². The number of aromatic amines is 1. The van der Waals surface area contributed by atoms with Gasteiger partial charge in [-0.15, -0.1) is 0 Å². The van der Waals surface area contributed by atoms with E-state index >= 15 is 0 Å². The minimum atomic E-state index is -1.26. The average Bonchev–Trinajstić information content (AvgIpc) is 3.26. The van der Waals surface area contributed by atoms with E-state index in [1.165, 1.54) is 6.92 Å². The topological polar surface area (TPSA) is 153 Å². The van der Waals surface area contributed by atoms with Gasteiger partial charge < -0.3 is 25.6 Å². The SMILES string of the molecule is CC(=O)Nc1ccc2cc(C(O)(c3cnc[nH]3)C(C)C)ccc2c1.O=C(O)/C=C/C(=O)O. The van der Waals surface area contributed by atoms with Crippen LogP contribution in [0, 0.1) is 5.92 Å². The maximum atomic E-state index is 11.3. The summed E-state index contributed by atoms with van der Waals surface area (Å²) in [6.45, 7) is 5.44. The molecule has 0 bridgehead atoms. The first-order valence-corrected chi connectivity index (χ1v) is 9.71. The summed E-state index contributed by atoms with van der Waals surface area (Å²) in [4.78, 5) is 37.4. The number of rotatable bonds is 6. The van der Waals surface area contributed by atoms with Crippen LogP contribution in [0.1, 0.15) is 32.0 Å². The monoisotopic (exact) mass is 439 g/mol. The van der Waals surface area contributed by atoms with Crippen molar-refractivity contribution in [1.82, 2.24) is 9.97 Å². The number of aliphatic carboxylic acids is 2. The lowest BCUT2D eigenvalue weighted by Crippen LogP contribution is -2.33. The second kappa shape index (κ2) is 10.4. The smallest absolute Gasteiger partial charge is 0.328 e. The van der Waals surface area contributed by atoms with E-state index in [1.807, 2.05) is 50.2 Å². The Morgan fingerprint density at radius 3 is 2.12 bits per heavy atom. The highest BCUT2D eigenvalue weighted by Gasteiger charge is 2.36. The van der Waals surface area contributed by atoms with Gasteiger partial charge in [-0.05, 0) is 40.5 Å². The molecule has 3 aromatic rings. The number of nitrogens with zero attached hydrogens (tertiary/aromatic N) is 1. The summed E-state index contributed by atoms with van der Waals surface area (Å²) >= 11 is 0. The van der Waals surface area contributed by atoms with E-state index in [0.717, 1.165) is 22.0 Å². The number of aromatic nitrogens is 2. The minimum Gasteiger partial charge on any atom is -0.478 e. The van der Waals surface area contributed by atoms with Crippen LogP contribution in [0.2, 0.25) is 0 Å². The fourth-order valence-corrected chi connectivity index (χ4v) is 3.17. The molecule has 0 aliphatic heterocycles. The summed E-state index contributed by atoms with van der Waals surface area (Å²) in [7, 11) is 0. The number of carbonyl (C=O) groups is 3. The molecule has 5 N–H and O–H groups in total. The molecule has 0 aliphatic rings. The maximum absolute atomic E-state index is 11.3. The first-order chi connectivity index (χ1) is 15.0. The Morgan fingerprint density at radius 2 is 1.62 bits per heavy atom. The van der Waals surface area contributed by atoms with E-state index in [-0.39, 0.29) is 11.8 Å². The molecule has 0 saturated heterocycles. The maximum Gasteiger partial charge on any atom is 0.328 e. The third kappa shape index (κ3) is 6.02. The minimum absolute atomic E-state index is 0.0333. The van der Waals surface area contributed by atoms with Gasteiger partial charge >= 0.3 is 11.9 Å². The van der Waals surface area contributed by atoms with Crippen molar-refractivity contribution in [3.05, 3.63) is 72.3 Å². The molecule has 2 aromatic carbocycles. The number of nitrogens with one attached hydrogen (secondary N) is 2. The Labute approximate surface area is 184 Å². The molecule has 1 amide bonds. The first kappa shape index (κ1) is 24.3. The summed E-state index contributed by atoms with van der Waals surface area (Å²) in [6.07, 6.45) is 4.35. The third-order valence-electron chi connectivity index (χ3n) is 4.71. The van der Waals surface area contributed by atoms with E-state index in [9.17, 15) is 19.5 Å². The van der Waals surface area contributed by atoms with Gasteiger partial charge in [-0.25, -0.2) is 14.6 Å². The average molecular weight is 439 g/mol. The standard InChI is InChI=1S/C19H21N3O2.C4H4O4/c1-12(2)19(24,18-10-20-11-21-18)16-6-4-15-9-17(22-13(3)23)7-5-14(15)8-16;5-3(6)1-2-4(7)8/h4-12,24H,1-3H3,(H,20,21)(H,22,23);1-2H,(H,5,6)(H,7,8)/b;2-1+. The molecular formula is C23H25N3O6. The zero-order valence-corrected chi connectivity index (χ0v) is 17.9. The van der Waals surface area contributed by atoms with Crippen molar-refractivity contribution in [3.8, 4) is 0 Å². The number of H-pyrrole nitrogens is 1. The summed E-state index contributed by atoms with van der Waals surface area (Å²) in [5.41, 5.74) is 1.10. The van der Waals surface area contributed by atoms with Gasteiger partial charge in [-0.1, -0.05) is 32.0 Å². The Bertz CT molecular complexity index is 1120.